The summed E-state index contributed by atoms with van der Waals surface area (Å²) in [5.74, 6) is 0.792. The molecule has 0 aliphatic rings. The molecule has 0 spiro atoms. The second-order valence-electron chi connectivity index (χ2n) is 3.82. The Bertz CT molecular complexity index is 124. The molecule has 80 valence electrons. The second kappa shape index (κ2) is 6.68. The van der Waals surface area contributed by atoms with Crippen LogP contribution in [0.3, 0.4) is 0 Å². The molecule has 13 heavy (non-hydrogen) atoms. The smallest absolute Gasteiger partial charge is 0.0833 e. The highest BCUT2D eigenvalue weighted by Crippen LogP contribution is 2.10. The van der Waals surface area contributed by atoms with Gasteiger partial charge >= 0.3 is 0 Å². The number of aliphatic hydroxyl groups is 1. The van der Waals surface area contributed by atoms with Crippen molar-refractivity contribution in [3.8, 4) is 0 Å². The Morgan fingerprint density at radius 2 is 1.92 bits per heavy atom. The standard InChI is InChI=1S/C10H23NOS/c1-5-9(6-2)11-7-10(3,12)8-13-4/h9,11-12H,5-8H2,1-4H3. The van der Waals surface area contributed by atoms with E-state index in [1.54, 1.807) is 11.8 Å². The molecule has 2 nitrogen and oxygen atoms in total. The van der Waals surface area contributed by atoms with Gasteiger partial charge in [-0.25, -0.2) is 0 Å². The van der Waals surface area contributed by atoms with Gasteiger partial charge in [-0.3, -0.25) is 0 Å². The van der Waals surface area contributed by atoms with Gasteiger partial charge in [0.05, 0.1) is 5.60 Å². The number of hydrogen-bond acceptors (Lipinski definition) is 3. The maximum absolute atomic E-state index is 9.87. The molecule has 0 fully saturated rings. The predicted octanol–water partition coefficient (Wildman–Crippen LogP) is 1.88. The zero-order valence-corrected chi connectivity index (χ0v) is 10.1. The van der Waals surface area contributed by atoms with Crippen LogP contribution in [0.1, 0.15) is 33.6 Å². The number of rotatable bonds is 7. The summed E-state index contributed by atoms with van der Waals surface area (Å²) in [6, 6.07) is 0.549. The van der Waals surface area contributed by atoms with Crippen LogP contribution in [-0.2, 0) is 0 Å². The first-order chi connectivity index (χ1) is 6.05. The summed E-state index contributed by atoms with van der Waals surface area (Å²) in [6.45, 7) is 6.92. The van der Waals surface area contributed by atoms with E-state index in [0.29, 0.717) is 12.6 Å². The largest absolute Gasteiger partial charge is 0.388 e. The molecule has 0 bridgehead atoms. The van der Waals surface area contributed by atoms with E-state index in [2.05, 4.69) is 19.2 Å². The molecule has 3 heteroatoms. The van der Waals surface area contributed by atoms with Gasteiger partial charge in [0.2, 0.25) is 0 Å². The van der Waals surface area contributed by atoms with Crippen LogP contribution < -0.4 is 5.32 Å². The van der Waals surface area contributed by atoms with Crippen molar-refractivity contribution in [3.05, 3.63) is 0 Å². The summed E-state index contributed by atoms with van der Waals surface area (Å²) in [7, 11) is 0. The third-order valence-electron chi connectivity index (χ3n) is 2.21. The molecule has 0 aromatic heterocycles. The maximum atomic E-state index is 9.87. The molecule has 1 atom stereocenters. The van der Waals surface area contributed by atoms with Crippen LogP contribution in [-0.4, -0.2) is 35.3 Å². The van der Waals surface area contributed by atoms with E-state index in [1.165, 1.54) is 0 Å². The summed E-state index contributed by atoms with van der Waals surface area (Å²) in [4.78, 5) is 0. The van der Waals surface area contributed by atoms with Crippen molar-refractivity contribution >= 4 is 11.8 Å². The lowest BCUT2D eigenvalue weighted by atomic mass is 10.1. The normalized spacial score (nSPS) is 16.2. The molecule has 0 aromatic rings. The number of hydrogen-bond donors (Lipinski definition) is 2. The molecule has 2 N–H and O–H groups in total. The van der Waals surface area contributed by atoms with Crippen LogP contribution in [0.15, 0.2) is 0 Å². The molecule has 1 unspecified atom stereocenters. The molecule has 0 radical (unpaired) electrons. The van der Waals surface area contributed by atoms with Crippen molar-refractivity contribution in [2.75, 3.05) is 18.6 Å². The van der Waals surface area contributed by atoms with Crippen molar-refractivity contribution in [3.63, 3.8) is 0 Å². The minimum atomic E-state index is -0.567. The molecule has 0 saturated heterocycles. The lowest BCUT2D eigenvalue weighted by Crippen LogP contribution is -2.43. The average Bonchev–Trinajstić information content (AvgIpc) is 2.06. The van der Waals surface area contributed by atoms with Gasteiger partial charge in [0, 0.05) is 18.3 Å². The van der Waals surface area contributed by atoms with Crippen molar-refractivity contribution in [2.45, 2.75) is 45.3 Å². The van der Waals surface area contributed by atoms with E-state index in [9.17, 15) is 5.11 Å². The van der Waals surface area contributed by atoms with Gasteiger partial charge in [-0.15, -0.1) is 0 Å². The van der Waals surface area contributed by atoms with Gasteiger partial charge < -0.3 is 10.4 Å². The monoisotopic (exact) mass is 205 g/mol. The second-order valence-corrected chi connectivity index (χ2v) is 4.69. The molecular weight excluding hydrogens is 182 g/mol. The summed E-state index contributed by atoms with van der Waals surface area (Å²) in [6.07, 6.45) is 4.28. The Morgan fingerprint density at radius 3 is 2.31 bits per heavy atom. The highest BCUT2D eigenvalue weighted by Gasteiger charge is 2.19. The zero-order chi connectivity index (χ0) is 10.3. The minimum absolute atomic E-state index is 0.549. The summed E-state index contributed by atoms with van der Waals surface area (Å²) in [5, 5.41) is 13.3. The van der Waals surface area contributed by atoms with Gasteiger partial charge in [-0.05, 0) is 26.0 Å². The van der Waals surface area contributed by atoms with Crippen molar-refractivity contribution in [1.82, 2.24) is 5.32 Å². The third kappa shape index (κ3) is 6.36. The van der Waals surface area contributed by atoms with Crippen molar-refractivity contribution in [1.29, 1.82) is 0 Å². The van der Waals surface area contributed by atoms with Crippen LogP contribution in [0.4, 0.5) is 0 Å². The van der Waals surface area contributed by atoms with E-state index in [1.807, 2.05) is 13.2 Å². The Hall–Kier alpha value is 0.270. The highest BCUT2D eigenvalue weighted by molar-refractivity contribution is 7.98. The van der Waals surface area contributed by atoms with Crippen LogP contribution in [0.5, 0.6) is 0 Å². The van der Waals surface area contributed by atoms with Crippen LogP contribution in [0.2, 0.25) is 0 Å². The summed E-state index contributed by atoms with van der Waals surface area (Å²) in [5.41, 5.74) is -0.567. The van der Waals surface area contributed by atoms with E-state index in [0.717, 1.165) is 18.6 Å². The Morgan fingerprint density at radius 1 is 1.38 bits per heavy atom. The molecule has 0 heterocycles. The lowest BCUT2D eigenvalue weighted by Gasteiger charge is -2.25. The van der Waals surface area contributed by atoms with Crippen LogP contribution in [0, 0.1) is 0 Å². The lowest BCUT2D eigenvalue weighted by molar-refractivity contribution is 0.0810. The fourth-order valence-electron chi connectivity index (χ4n) is 1.30. The van der Waals surface area contributed by atoms with Crippen molar-refractivity contribution < 1.29 is 5.11 Å². The first-order valence-corrected chi connectivity index (χ1v) is 6.39. The molecule has 0 aliphatic heterocycles. The SMILES string of the molecule is CCC(CC)NCC(C)(O)CSC. The molecular formula is C10H23NOS. The van der Waals surface area contributed by atoms with E-state index in [-0.39, 0.29) is 0 Å². The zero-order valence-electron chi connectivity index (χ0n) is 9.26. The third-order valence-corrected chi connectivity index (χ3v) is 3.12. The highest BCUT2D eigenvalue weighted by atomic mass is 32.2. The van der Waals surface area contributed by atoms with Gasteiger partial charge in [-0.2, -0.15) is 11.8 Å². The fraction of sp³-hybridized carbons (Fsp3) is 1.00. The topological polar surface area (TPSA) is 32.3 Å². The quantitative estimate of drug-likeness (QED) is 0.665. The molecule has 0 aliphatic carbocycles. The summed E-state index contributed by atoms with van der Waals surface area (Å²) < 4.78 is 0. The Balaban J connectivity index is 3.71. The predicted molar refractivity (Wildman–Crippen MR) is 61.4 cm³/mol. The van der Waals surface area contributed by atoms with E-state index in [4.69, 9.17) is 0 Å². The Labute approximate surface area is 86.5 Å². The van der Waals surface area contributed by atoms with Crippen molar-refractivity contribution in [2.24, 2.45) is 0 Å². The number of thioether (sulfide) groups is 1. The first-order valence-electron chi connectivity index (χ1n) is 5.00. The molecule has 0 saturated carbocycles. The average molecular weight is 205 g/mol. The van der Waals surface area contributed by atoms with Gasteiger partial charge in [0.15, 0.2) is 0 Å². The maximum Gasteiger partial charge on any atom is 0.0833 e. The van der Waals surface area contributed by atoms with Gasteiger partial charge in [0.25, 0.3) is 0 Å². The molecule has 0 aromatic carbocycles. The molecule has 0 amide bonds. The van der Waals surface area contributed by atoms with Gasteiger partial charge in [0.1, 0.15) is 0 Å². The minimum Gasteiger partial charge on any atom is -0.388 e. The van der Waals surface area contributed by atoms with E-state index >= 15 is 0 Å². The van der Waals surface area contributed by atoms with E-state index < -0.39 is 5.60 Å². The van der Waals surface area contributed by atoms with Crippen LogP contribution in [0.25, 0.3) is 0 Å². The van der Waals surface area contributed by atoms with Crippen LogP contribution >= 0.6 is 11.8 Å². The van der Waals surface area contributed by atoms with Gasteiger partial charge in [-0.1, -0.05) is 13.8 Å². The Kier molecular flexibility index (Phi) is 6.82. The summed E-state index contributed by atoms with van der Waals surface area (Å²) >= 11 is 1.69. The number of nitrogens with one attached hydrogen (secondary N) is 1. The first kappa shape index (κ1) is 13.3. The molecule has 0 rings (SSSR count). The fourth-order valence-corrected chi connectivity index (χ4v) is 2.03.